The number of ether oxygens (including phenoxy) is 2. The minimum Gasteiger partial charge on any atom is -0.493 e. The van der Waals surface area contributed by atoms with Gasteiger partial charge in [-0.1, -0.05) is 56.8 Å². The summed E-state index contributed by atoms with van der Waals surface area (Å²) < 4.78 is 11.1. The number of benzene rings is 2. The molecule has 4 rings (SSSR count). The molecule has 30 heavy (non-hydrogen) atoms. The van der Waals surface area contributed by atoms with E-state index in [1.807, 2.05) is 24.3 Å². The molecule has 1 amide bonds. The van der Waals surface area contributed by atoms with Gasteiger partial charge in [0.25, 0.3) is 0 Å². The Morgan fingerprint density at radius 2 is 2.00 bits per heavy atom. The maximum absolute atomic E-state index is 12.5. The van der Waals surface area contributed by atoms with Crippen LogP contribution in [0.3, 0.4) is 0 Å². The van der Waals surface area contributed by atoms with E-state index in [9.17, 15) is 4.79 Å². The maximum Gasteiger partial charge on any atom is 0.223 e. The molecule has 0 radical (unpaired) electrons. The second kappa shape index (κ2) is 7.56. The molecule has 1 fully saturated rings. The predicted octanol–water partition coefficient (Wildman–Crippen LogP) is 4.29. The highest BCUT2D eigenvalue weighted by molar-refractivity contribution is 5.84. The number of amides is 1. The number of carbonyl (C=O) groups excluding carboxylic acids is 1. The molecule has 1 saturated heterocycles. The molecular formula is C25H28N2O3. The van der Waals surface area contributed by atoms with Crippen molar-refractivity contribution in [2.45, 2.75) is 31.3 Å². The lowest BCUT2D eigenvalue weighted by molar-refractivity contribution is -0.124. The fourth-order valence-electron chi connectivity index (χ4n) is 4.59. The normalized spacial score (nSPS) is 21.7. The van der Waals surface area contributed by atoms with E-state index in [1.54, 1.807) is 13.2 Å². The monoisotopic (exact) mass is 404 g/mol. The zero-order valence-corrected chi connectivity index (χ0v) is 17.8. The minimum absolute atomic E-state index is 0.0718. The molecule has 2 aromatic carbocycles. The zero-order valence-electron chi connectivity index (χ0n) is 17.8. The molecule has 5 heteroatoms. The highest BCUT2D eigenvalue weighted by Gasteiger charge is 2.57. The Bertz CT molecular complexity index is 1010. The van der Waals surface area contributed by atoms with Gasteiger partial charge >= 0.3 is 0 Å². The van der Waals surface area contributed by atoms with Gasteiger partial charge in [0.2, 0.25) is 5.91 Å². The van der Waals surface area contributed by atoms with Crippen LogP contribution in [0.2, 0.25) is 0 Å². The van der Waals surface area contributed by atoms with Crippen molar-refractivity contribution in [1.29, 1.82) is 0 Å². The van der Waals surface area contributed by atoms with Gasteiger partial charge in [0.1, 0.15) is 12.3 Å². The molecule has 1 unspecified atom stereocenters. The summed E-state index contributed by atoms with van der Waals surface area (Å²) in [6, 6.07) is 14.2. The Morgan fingerprint density at radius 3 is 2.77 bits per heavy atom. The summed E-state index contributed by atoms with van der Waals surface area (Å²) >= 11 is 0. The van der Waals surface area contributed by atoms with Gasteiger partial charge in [-0.3, -0.25) is 4.79 Å². The van der Waals surface area contributed by atoms with Gasteiger partial charge < -0.3 is 19.7 Å². The Balaban J connectivity index is 1.74. The van der Waals surface area contributed by atoms with Crippen LogP contribution in [-0.4, -0.2) is 31.8 Å². The number of anilines is 1. The first-order chi connectivity index (χ1) is 14.4. The molecule has 1 atom stereocenters. The lowest BCUT2D eigenvalue weighted by Gasteiger charge is -2.49. The Kier molecular flexibility index (Phi) is 5.06. The molecule has 5 nitrogen and oxygen atoms in total. The fraction of sp³-hybridized carbons (Fsp3) is 0.320. The zero-order chi connectivity index (χ0) is 21.4. The third-order valence-electron chi connectivity index (χ3n) is 6.20. The summed E-state index contributed by atoms with van der Waals surface area (Å²) in [6.07, 6.45) is 6.35. The third-order valence-corrected chi connectivity index (χ3v) is 6.20. The van der Waals surface area contributed by atoms with Crippen LogP contribution in [0.5, 0.6) is 11.5 Å². The molecule has 0 aromatic heterocycles. The van der Waals surface area contributed by atoms with Crippen LogP contribution in [0.4, 0.5) is 5.69 Å². The second-order valence-corrected chi connectivity index (χ2v) is 8.20. The van der Waals surface area contributed by atoms with E-state index in [0.717, 1.165) is 5.56 Å². The number of para-hydroxylation sites is 1. The first kappa shape index (κ1) is 20.1. The van der Waals surface area contributed by atoms with E-state index < -0.39 is 5.66 Å². The lowest BCUT2D eigenvalue weighted by Crippen LogP contribution is -2.68. The summed E-state index contributed by atoms with van der Waals surface area (Å²) in [5.41, 5.74) is 2.46. The number of hydrogen-bond acceptors (Lipinski definition) is 4. The van der Waals surface area contributed by atoms with Crippen LogP contribution in [0.25, 0.3) is 6.08 Å². The Morgan fingerprint density at radius 1 is 1.20 bits per heavy atom. The molecule has 1 N–H and O–H groups in total. The van der Waals surface area contributed by atoms with E-state index in [-0.39, 0.29) is 11.3 Å². The lowest BCUT2D eigenvalue weighted by atomic mass is 9.74. The SMILES string of the molecule is C=CCOc1ccc(/C=C/C23NC(=O)CCN2c2ccccc2C3(C)C)cc1OC. The third kappa shape index (κ3) is 3.05. The van der Waals surface area contributed by atoms with Crippen molar-refractivity contribution in [2.75, 3.05) is 25.2 Å². The van der Waals surface area contributed by atoms with Gasteiger partial charge in [-0.2, -0.15) is 0 Å². The highest BCUT2D eigenvalue weighted by Crippen LogP contribution is 2.52. The highest BCUT2D eigenvalue weighted by atomic mass is 16.5. The standard InChI is InChI=1S/C25H28N2O3/c1-5-16-30-21-11-10-18(17-22(21)29-4)12-14-25-24(2,3)19-8-6-7-9-20(19)27(25)15-13-23(28)26-25/h5-12,14,17H,1,13,15-16H2,2-4H3,(H,26,28)/b14-12+. The summed E-state index contributed by atoms with van der Waals surface area (Å²) in [5, 5.41) is 3.30. The van der Waals surface area contributed by atoms with E-state index >= 15 is 0 Å². The maximum atomic E-state index is 12.5. The van der Waals surface area contributed by atoms with Crippen LogP contribution < -0.4 is 19.7 Å². The van der Waals surface area contributed by atoms with Gasteiger partial charge in [0.15, 0.2) is 11.5 Å². The summed E-state index contributed by atoms with van der Waals surface area (Å²) in [7, 11) is 1.63. The molecule has 156 valence electrons. The summed E-state index contributed by atoms with van der Waals surface area (Å²) in [4.78, 5) is 14.8. The molecule has 0 saturated carbocycles. The van der Waals surface area contributed by atoms with Crippen molar-refractivity contribution in [3.05, 3.63) is 72.3 Å². The number of carbonyl (C=O) groups is 1. The molecule has 2 aliphatic heterocycles. The first-order valence-electron chi connectivity index (χ1n) is 10.2. The van der Waals surface area contributed by atoms with Crippen molar-refractivity contribution in [3.63, 3.8) is 0 Å². The Hall–Kier alpha value is -3.21. The number of nitrogens with zero attached hydrogens (tertiary/aromatic N) is 1. The molecule has 0 aliphatic carbocycles. The van der Waals surface area contributed by atoms with E-state index in [0.29, 0.717) is 31.1 Å². The molecular weight excluding hydrogens is 376 g/mol. The number of nitrogens with one attached hydrogen (secondary N) is 1. The van der Waals surface area contributed by atoms with Crippen molar-refractivity contribution < 1.29 is 14.3 Å². The van der Waals surface area contributed by atoms with Crippen molar-refractivity contribution in [2.24, 2.45) is 0 Å². The van der Waals surface area contributed by atoms with Gasteiger partial charge in [0, 0.05) is 24.1 Å². The average Bonchev–Trinajstić information content (AvgIpc) is 2.95. The number of fused-ring (bicyclic) bond motifs is 3. The topological polar surface area (TPSA) is 50.8 Å². The largest absolute Gasteiger partial charge is 0.493 e. The Labute approximate surface area is 178 Å². The van der Waals surface area contributed by atoms with E-state index in [4.69, 9.17) is 9.47 Å². The number of rotatable bonds is 6. The number of methoxy groups -OCH3 is 1. The van der Waals surface area contributed by atoms with Crippen molar-refractivity contribution in [3.8, 4) is 11.5 Å². The van der Waals surface area contributed by atoms with Gasteiger partial charge in [-0.15, -0.1) is 0 Å². The molecule has 2 heterocycles. The van der Waals surface area contributed by atoms with Gasteiger partial charge in [-0.25, -0.2) is 0 Å². The van der Waals surface area contributed by atoms with E-state index in [1.165, 1.54) is 11.3 Å². The van der Waals surface area contributed by atoms with E-state index in [2.05, 4.69) is 61.0 Å². The molecule has 2 aliphatic rings. The van der Waals surface area contributed by atoms with Crippen LogP contribution in [-0.2, 0) is 10.2 Å². The van der Waals surface area contributed by atoms with Crippen LogP contribution in [0.1, 0.15) is 31.4 Å². The fourth-order valence-corrected chi connectivity index (χ4v) is 4.59. The van der Waals surface area contributed by atoms with Crippen LogP contribution in [0.15, 0.2) is 61.2 Å². The van der Waals surface area contributed by atoms with Crippen LogP contribution in [0, 0.1) is 0 Å². The minimum atomic E-state index is -0.628. The second-order valence-electron chi connectivity index (χ2n) is 8.20. The van der Waals surface area contributed by atoms with Crippen molar-refractivity contribution >= 4 is 17.7 Å². The summed E-state index contributed by atoms with van der Waals surface area (Å²) in [5.74, 6) is 1.41. The molecule has 0 spiro atoms. The van der Waals surface area contributed by atoms with Gasteiger partial charge in [-0.05, 0) is 35.4 Å². The van der Waals surface area contributed by atoms with Crippen molar-refractivity contribution in [1.82, 2.24) is 5.32 Å². The van der Waals surface area contributed by atoms with Crippen LogP contribution >= 0.6 is 0 Å². The quantitative estimate of drug-likeness (QED) is 0.730. The average molecular weight is 405 g/mol. The van der Waals surface area contributed by atoms with Gasteiger partial charge in [0.05, 0.1) is 7.11 Å². The predicted molar refractivity (Wildman–Crippen MR) is 120 cm³/mol. The number of hydrogen-bond donors (Lipinski definition) is 1. The molecule has 0 bridgehead atoms. The molecule has 2 aromatic rings. The first-order valence-corrected chi connectivity index (χ1v) is 10.2. The summed E-state index contributed by atoms with van der Waals surface area (Å²) in [6.45, 7) is 9.17. The smallest absolute Gasteiger partial charge is 0.223 e.